The zero-order chi connectivity index (χ0) is 23.5. The van der Waals surface area contributed by atoms with Crippen LogP contribution >= 0.6 is 11.6 Å². The van der Waals surface area contributed by atoms with Crippen molar-refractivity contribution in [2.24, 2.45) is 0 Å². The van der Waals surface area contributed by atoms with Crippen molar-refractivity contribution in [1.82, 2.24) is 19.7 Å². The molecular formula is C25H29ClN4O2Si. The Labute approximate surface area is 199 Å². The minimum absolute atomic E-state index is 0.0460. The Kier molecular flexibility index (Phi) is 6.83. The number of aromatic nitrogens is 4. The minimum atomic E-state index is -2.52. The molecule has 4 aromatic rings. The van der Waals surface area contributed by atoms with Crippen LogP contribution in [0.4, 0.5) is 0 Å². The summed E-state index contributed by atoms with van der Waals surface area (Å²) in [7, 11) is -2.52. The monoisotopic (exact) mass is 480 g/mol. The van der Waals surface area contributed by atoms with Crippen molar-refractivity contribution in [1.29, 1.82) is 0 Å². The molecule has 0 fully saturated rings. The lowest BCUT2D eigenvalue weighted by Crippen LogP contribution is -2.66. The summed E-state index contributed by atoms with van der Waals surface area (Å²) in [5.41, 5.74) is 0.239. The van der Waals surface area contributed by atoms with Crippen molar-refractivity contribution in [3.8, 4) is 0 Å². The molecule has 0 spiro atoms. The third-order valence-corrected chi connectivity index (χ3v) is 11.2. The second-order valence-corrected chi connectivity index (χ2v) is 13.8. The van der Waals surface area contributed by atoms with Gasteiger partial charge in [0.2, 0.25) is 5.28 Å². The van der Waals surface area contributed by atoms with E-state index in [9.17, 15) is 4.79 Å². The largest absolute Gasteiger partial charge is 0.407 e. The maximum absolute atomic E-state index is 12.0. The lowest BCUT2D eigenvalue weighted by Gasteiger charge is -2.43. The summed E-state index contributed by atoms with van der Waals surface area (Å²) in [6, 6.07) is 21.3. The summed E-state index contributed by atoms with van der Waals surface area (Å²) >= 11 is 5.92. The molecule has 1 N–H and O–H groups in total. The Morgan fingerprint density at radius 3 is 2.18 bits per heavy atom. The van der Waals surface area contributed by atoms with E-state index >= 15 is 0 Å². The van der Waals surface area contributed by atoms with Gasteiger partial charge in [-0.1, -0.05) is 81.4 Å². The molecule has 0 aliphatic heterocycles. The van der Waals surface area contributed by atoms with Gasteiger partial charge >= 0.3 is 0 Å². The van der Waals surface area contributed by atoms with Crippen LogP contribution in [-0.4, -0.2) is 34.7 Å². The molecule has 6 nitrogen and oxygen atoms in total. The first kappa shape index (κ1) is 23.4. The summed E-state index contributed by atoms with van der Waals surface area (Å²) < 4.78 is 8.66. The van der Waals surface area contributed by atoms with Gasteiger partial charge in [0.05, 0.1) is 6.20 Å². The molecule has 172 valence electrons. The topological polar surface area (TPSA) is 72.8 Å². The standard InChI is InChI=1S/C25H29ClN4O2Si/c1-25(2,3)33(19-12-6-4-7-13-19,20-14-8-5-9-15-20)32-17-11-10-16-30-22-21(18-27-30)23(31)29-24(26)28-22/h4-9,12-15,18H,10-11,16-17H2,1-3H3,(H,28,29,31). The molecule has 2 aromatic heterocycles. The molecule has 0 bridgehead atoms. The van der Waals surface area contributed by atoms with E-state index in [-0.39, 0.29) is 15.9 Å². The zero-order valence-corrected chi connectivity index (χ0v) is 21.0. The lowest BCUT2D eigenvalue weighted by atomic mass is 10.2. The van der Waals surface area contributed by atoms with Crippen molar-refractivity contribution < 1.29 is 4.43 Å². The molecule has 0 amide bonds. The number of nitrogens with zero attached hydrogens (tertiary/aromatic N) is 3. The van der Waals surface area contributed by atoms with Crippen LogP contribution in [0.5, 0.6) is 0 Å². The van der Waals surface area contributed by atoms with Crippen LogP contribution in [-0.2, 0) is 11.0 Å². The number of nitrogens with one attached hydrogen (secondary N) is 1. The minimum Gasteiger partial charge on any atom is -0.407 e. The van der Waals surface area contributed by atoms with E-state index in [1.54, 1.807) is 4.68 Å². The third-order valence-electron chi connectivity index (χ3n) is 5.98. The van der Waals surface area contributed by atoms with E-state index < -0.39 is 8.32 Å². The average molecular weight is 481 g/mol. The number of fused-ring (bicyclic) bond motifs is 1. The molecule has 0 unspecified atom stereocenters. The van der Waals surface area contributed by atoms with Gasteiger partial charge in [0.1, 0.15) is 5.39 Å². The molecule has 8 heteroatoms. The number of aromatic amines is 1. The van der Waals surface area contributed by atoms with Crippen molar-refractivity contribution in [3.63, 3.8) is 0 Å². The number of hydrogen-bond acceptors (Lipinski definition) is 4. The van der Waals surface area contributed by atoms with Crippen LogP contribution in [0.2, 0.25) is 10.3 Å². The maximum Gasteiger partial charge on any atom is 0.262 e. The highest BCUT2D eigenvalue weighted by Crippen LogP contribution is 2.36. The molecule has 0 saturated heterocycles. The second-order valence-electron chi connectivity index (χ2n) is 9.18. The number of aryl methyl sites for hydroxylation is 1. The van der Waals surface area contributed by atoms with E-state index in [1.807, 2.05) is 0 Å². The third kappa shape index (κ3) is 4.67. The number of H-pyrrole nitrogens is 1. The van der Waals surface area contributed by atoms with Gasteiger partial charge in [0.25, 0.3) is 13.9 Å². The van der Waals surface area contributed by atoms with Gasteiger partial charge in [-0.25, -0.2) is 4.68 Å². The second kappa shape index (κ2) is 9.63. The van der Waals surface area contributed by atoms with Crippen LogP contribution in [0.15, 0.2) is 71.7 Å². The molecule has 2 aromatic carbocycles. The lowest BCUT2D eigenvalue weighted by molar-refractivity contribution is 0.284. The summed E-state index contributed by atoms with van der Waals surface area (Å²) in [6.45, 7) is 8.12. The van der Waals surface area contributed by atoms with Crippen molar-refractivity contribution in [2.45, 2.75) is 45.2 Å². The first-order valence-corrected chi connectivity index (χ1v) is 13.5. The van der Waals surface area contributed by atoms with Gasteiger partial charge in [0, 0.05) is 13.2 Å². The predicted octanol–water partition coefficient (Wildman–Crippen LogP) is 4.13. The highest BCUT2D eigenvalue weighted by Gasteiger charge is 2.49. The number of rotatable bonds is 8. The summed E-state index contributed by atoms with van der Waals surface area (Å²) in [5, 5.41) is 7.35. The Morgan fingerprint density at radius 1 is 1.00 bits per heavy atom. The SMILES string of the molecule is CC(C)(C)[Si](OCCCCn1ncc2c(=O)[nH]c(Cl)nc21)(c1ccccc1)c1ccccc1. The van der Waals surface area contributed by atoms with Gasteiger partial charge in [-0.2, -0.15) is 10.1 Å². The number of halogens is 1. The molecule has 2 heterocycles. The van der Waals surface area contributed by atoms with Crippen molar-refractivity contribution in [2.75, 3.05) is 6.61 Å². The van der Waals surface area contributed by atoms with Gasteiger partial charge in [-0.05, 0) is 39.9 Å². The fourth-order valence-corrected chi connectivity index (χ4v) is 9.22. The summed E-state index contributed by atoms with van der Waals surface area (Å²) in [5.74, 6) is 0. The first-order valence-electron chi connectivity index (χ1n) is 11.2. The summed E-state index contributed by atoms with van der Waals surface area (Å²) in [6.07, 6.45) is 3.25. The van der Waals surface area contributed by atoms with Gasteiger partial charge in [0.15, 0.2) is 5.65 Å². The number of hydrogen-bond donors (Lipinski definition) is 1. The molecule has 4 rings (SSSR count). The van der Waals surface area contributed by atoms with Gasteiger partial charge in [-0.3, -0.25) is 9.78 Å². The summed E-state index contributed by atoms with van der Waals surface area (Å²) in [4.78, 5) is 18.7. The quantitative estimate of drug-likeness (QED) is 0.234. The Hall–Kier alpha value is -2.74. The highest BCUT2D eigenvalue weighted by atomic mass is 35.5. The molecule has 33 heavy (non-hydrogen) atoms. The fourth-order valence-electron chi connectivity index (χ4n) is 4.45. The molecule has 0 aliphatic carbocycles. The van der Waals surface area contributed by atoms with E-state index in [0.717, 1.165) is 12.8 Å². The van der Waals surface area contributed by atoms with Gasteiger partial charge in [-0.15, -0.1) is 0 Å². The van der Waals surface area contributed by atoms with E-state index in [1.165, 1.54) is 16.6 Å². The van der Waals surface area contributed by atoms with Gasteiger partial charge < -0.3 is 4.43 Å². The average Bonchev–Trinajstić information content (AvgIpc) is 3.19. The first-order chi connectivity index (χ1) is 15.8. The van der Waals surface area contributed by atoms with E-state index in [4.69, 9.17) is 16.0 Å². The maximum atomic E-state index is 12.0. The fraction of sp³-hybridized carbons (Fsp3) is 0.320. The Balaban J connectivity index is 1.52. The molecule has 0 radical (unpaired) electrons. The normalized spacial score (nSPS) is 12.4. The number of benzene rings is 2. The molecule has 0 aliphatic rings. The van der Waals surface area contributed by atoms with Crippen LogP contribution in [0, 0.1) is 0 Å². The molecule has 0 saturated carbocycles. The van der Waals surface area contributed by atoms with E-state index in [2.05, 4.69) is 96.5 Å². The predicted molar refractivity (Wildman–Crippen MR) is 136 cm³/mol. The van der Waals surface area contributed by atoms with Crippen LogP contribution in [0.25, 0.3) is 11.0 Å². The van der Waals surface area contributed by atoms with Crippen molar-refractivity contribution >= 4 is 41.3 Å². The Bertz CT molecular complexity index is 1230. The smallest absolute Gasteiger partial charge is 0.262 e. The van der Waals surface area contributed by atoms with Crippen LogP contribution in [0.1, 0.15) is 33.6 Å². The van der Waals surface area contributed by atoms with Crippen molar-refractivity contribution in [3.05, 3.63) is 82.5 Å². The molecular weight excluding hydrogens is 452 g/mol. The number of unbranched alkanes of at least 4 members (excludes halogenated alkanes) is 1. The molecule has 0 atom stereocenters. The highest BCUT2D eigenvalue weighted by molar-refractivity contribution is 6.99. The van der Waals surface area contributed by atoms with Crippen LogP contribution in [0.3, 0.4) is 0 Å². The Morgan fingerprint density at radius 2 is 1.61 bits per heavy atom. The zero-order valence-electron chi connectivity index (χ0n) is 19.2. The van der Waals surface area contributed by atoms with Crippen LogP contribution < -0.4 is 15.9 Å². The van der Waals surface area contributed by atoms with E-state index in [0.29, 0.717) is 24.2 Å².